The normalized spacial score (nSPS) is 13.8. The van der Waals surface area contributed by atoms with Crippen LogP contribution in [0.25, 0.3) is 0 Å². The summed E-state index contributed by atoms with van der Waals surface area (Å²) in [7, 11) is 1.18. The topological polar surface area (TPSA) is 95.5 Å². The van der Waals surface area contributed by atoms with Crippen molar-refractivity contribution < 1.29 is 18.8 Å². The summed E-state index contributed by atoms with van der Waals surface area (Å²) in [4.78, 5) is 21.1. The van der Waals surface area contributed by atoms with Crippen LogP contribution in [0.1, 0.15) is 18.9 Å². The number of carbonyl (C=O) groups excluding carboxylic acids is 1. The smallest absolute Gasteiger partial charge is 0.307 e. The lowest BCUT2D eigenvalue weighted by atomic mass is 9.89. The lowest BCUT2D eigenvalue weighted by molar-refractivity contribution is -0.385. The van der Waals surface area contributed by atoms with E-state index in [4.69, 9.17) is 5.73 Å². The van der Waals surface area contributed by atoms with E-state index >= 15 is 0 Å². The van der Waals surface area contributed by atoms with Gasteiger partial charge in [0.05, 0.1) is 24.0 Å². The Hall–Kier alpha value is -2.02. The number of halogens is 1. The molecule has 0 heterocycles. The third-order valence-corrected chi connectivity index (χ3v) is 2.52. The second-order valence-corrected chi connectivity index (χ2v) is 4.09. The second-order valence-electron chi connectivity index (χ2n) is 4.09. The van der Waals surface area contributed by atoms with Crippen LogP contribution >= 0.6 is 0 Å². The minimum atomic E-state index is -1.37. The minimum absolute atomic E-state index is 0.0953. The number of rotatable bonds is 4. The quantitative estimate of drug-likeness (QED) is 0.500. The molecular weight excluding hydrogens is 243 g/mol. The highest BCUT2D eigenvalue weighted by Crippen LogP contribution is 2.28. The van der Waals surface area contributed by atoms with Gasteiger partial charge in [0.2, 0.25) is 0 Å². The molecule has 7 heteroatoms. The maximum absolute atomic E-state index is 13.6. The molecule has 0 radical (unpaired) electrons. The summed E-state index contributed by atoms with van der Waals surface area (Å²) in [5, 5.41) is 10.6. The lowest BCUT2D eigenvalue weighted by Gasteiger charge is -2.24. The number of nitrogens with two attached hydrogens (primary N) is 1. The molecule has 98 valence electrons. The molecule has 0 aliphatic rings. The van der Waals surface area contributed by atoms with Crippen LogP contribution in [0.5, 0.6) is 0 Å². The average Bonchev–Trinajstić information content (AvgIpc) is 2.28. The van der Waals surface area contributed by atoms with Gasteiger partial charge in [-0.15, -0.1) is 0 Å². The van der Waals surface area contributed by atoms with Gasteiger partial charge in [-0.3, -0.25) is 14.9 Å². The van der Waals surface area contributed by atoms with E-state index in [1.807, 2.05) is 0 Å². The van der Waals surface area contributed by atoms with E-state index in [1.165, 1.54) is 14.0 Å². The van der Waals surface area contributed by atoms with Gasteiger partial charge in [0.15, 0.2) is 0 Å². The van der Waals surface area contributed by atoms with E-state index in [0.717, 1.165) is 18.2 Å². The van der Waals surface area contributed by atoms with E-state index in [2.05, 4.69) is 4.74 Å². The summed E-state index contributed by atoms with van der Waals surface area (Å²) in [6.07, 6.45) is -0.276. The molecule has 0 aliphatic carbocycles. The highest BCUT2D eigenvalue weighted by Gasteiger charge is 2.30. The SMILES string of the molecule is COC(=O)C[C@](C)(N)c1cc([N+](=O)[O-])ccc1F. The van der Waals surface area contributed by atoms with Gasteiger partial charge in [-0.25, -0.2) is 4.39 Å². The van der Waals surface area contributed by atoms with E-state index < -0.39 is 22.2 Å². The first-order chi connectivity index (χ1) is 8.27. The molecule has 1 rings (SSSR count). The Bertz CT molecular complexity index is 488. The molecule has 2 N–H and O–H groups in total. The fourth-order valence-corrected chi connectivity index (χ4v) is 1.53. The Balaban J connectivity index is 3.17. The summed E-state index contributed by atoms with van der Waals surface area (Å²) in [6, 6.07) is 3.02. The molecule has 6 nitrogen and oxygen atoms in total. The van der Waals surface area contributed by atoms with Crippen LogP contribution in [0.4, 0.5) is 10.1 Å². The fourth-order valence-electron chi connectivity index (χ4n) is 1.53. The van der Waals surface area contributed by atoms with Gasteiger partial charge in [-0.2, -0.15) is 0 Å². The predicted molar refractivity (Wildman–Crippen MR) is 61.2 cm³/mol. The van der Waals surface area contributed by atoms with Crippen molar-refractivity contribution in [1.82, 2.24) is 0 Å². The van der Waals surface area contributed by atoms with E-state index in [9.17, 15) is 19.3 Å². The number of benzene rings is 1. The molecule has 0 amide bonds. The zero-order valence-corrected chi connectivity index (χ0v) is 9.97. The first kappa shape index (κ1) is 14.0. The first-order valence-electron chi connectivity index (χ1n) is 5.08. The second kappa shape index (κ2) is 5.09. The maximum atomic E-state index is 13.6. The van der Waals surface area contributed by atoms with Crippen LogP contribution in [0, 0.1) is 15.9 Å². The van der Waals surface area contributed by atoms with E-state index in [1.54, 1.807) is 0 Å². The minimum Gasteiger partial charge on any atom is -0.469 e. The van der Waals surface area contributed by atoms with Gasteiger partial charge in [0, 0.05) is 17.7 Å². The van der Waals surface area contributed by atoms with Crippen molar-refractivity contribution in [1.29, 1.82) is 0 Å². The van der Waals surface area contributed by atoms with Crippen molar-refractivity contribution >= 4 is 11.7 Å². The zero-order valence-electron chi connectivity index (χ0n) is 9.97. The van der Waals surface area contributed by atoms with E-state index in [-0.39, 0.29) is 17.7 Å². The van der Waals surface area contributed by atoms with Gasteiger partial charge in [-0.05, 0) is 13.0 Å². The van der Waals surface area contributed by atoms with Crippen molar-refractivity contribution in [2.24, 2.45) is 5.73 Å². The number of ether oxygens (including phenoxy) is 1. The summed E-state index contributed by atoms with van der Waals surface area (Å²) in [5.41, 5.74) is 4.07. The fraction of sp³-hybridized carbons (Fsp3) is 0.364. The van der Waals surface area contributed by atoms with E-state index in [0.29, 0.717) is 0 Å². The van der Waals surface area contributed by atoms with Crippen molar-refractivity contribution in [2.45, 2.75) is 18.9 Å². The number of hydrogen-bond acceptors (Lipinski definition) is 5. The van der Waals surface area contributed by atoms with Gasteiger partial charge in [-0.1, -0.05) is 0 Å². The van der Waals surface area contributed by atoms with Crippen LogP contribution in [0.3, 0.4) is 0 Å². The number of nitro groups is 1. The Kier molecular flexibility index (Phi) is 3.97. The van der Waals surface area contributed by atoms with Crippen molar-refractivity contribution in [3.63, 3.8) is 0 Å². The monoisotopic (exact) mass is 256 g/mol. The number of hydrogen-bond donors (Lipinski definition) is 1. The molecule has 0 spiro atoms. The summed E-state index contributed by atoms with van der Waals surface area (Å²) < 4.78 is 18.1. The third-order valence-electron chi connectivity index (χ3n) is 2.52. The van der Waals surface area contributed by atoms with Gasteiger partial charge in [0.1, 0.15) is 5.82 Å². The van der Waals surface area contributed by atoms with Crippen molar-refractivity contribution in [2.75, 3.05) is 7.11 Å². The molecule has 0 saturated carbocycles. The largest absolute Gasteiger partial charge is 0.469 e. The Morgan fingerprint density at radius 3 is 2.72 bits per heavy atom. The molecule has 1 atom stereocenters. The van der Waals surface area contributed by atoms with Crippen molar-refractivity contribution in [3.8, 4) is 0 Å². The molecule has 0 unspecified atom stereocenters. The summed E-state index contributed by atoms with van der Waals surface area (Å²) in [6.45, 7) is 1.41. The maximum Gasteiger partial charge on any atom is 0.307 e. The molecule has 0 saturated heterocycles. The van der Waals surface area contributed by atoms with Crippen LogP contribution in [0.2, 0.25) is 0 Å². The van der Waals surface area contributed by atoms with Gasteiger partial charge in [0.25, 0.3) is 5.69 Å². The van der Waals surface area contributed by atoms with Gasteiger partial charge >= 0.3 is 5.97 Å². The highest BCUT2D eigenvalue weighted by molar-refractivity contribution is 5.71. The number of esters is 1. The van der Waals surface area contributed by atoms with Crippen LogP contribution < -0.4 is 5.73 Å². The molecule has 1 aromatic rings. The summed E-state index contributed by atoms with van der Waals surface area (Å²) >= 11 is 0. The Labute approximate surface area is 103 Å². The lowest BCUT2D eigenvalue weighted by Crippen LogP contribution is -2.37. The highest BCUT2D eigenvalue weighted by atomic mass is 19.1. The molecular formula is C11H13FN2O4. The number of nitrogens with zero attached hydrogens (tertiary/aromatic N) is 1. The molecule has 0 bridgehead atoms. The molecule has 0 aromatic heterocycles. The molecule has 1 aromatic carbocycles. The number of methoxy groups -OCH3 is 1. The Morgan fingerprint density at radius 2 is 2.22 bits per heavy atom. The molecule has 0 fully saturated rings. The van der Waals surface area contributed by atoms with Crippen LogP contribution in [0.15, 0.2) is 18.2 Å². The van der Waals surface area contributed by atoms with Gasteiger partial charge < -0.3 is 10.5 Å². The van der Waals surface area contributed by atoms with Crippen molar-refractivity contribution in [3.05, 3.63) is 39.7 Å². The molecule has 0 aliphatic heterocycles. The number of non-ortho nitro benzene ring substituents is 1. The predicted octanol–water partition coefficient (Wildman–Crippen LogP) is 1.47. The van der Waals surface area contributed by atoms with Crippen LogP contribution in [-0.2, 0) is 15.1 Å². The first-order valence-corrected chi connectivity index (χ1v) is 5.08. The Morgan fingerprint density at radius 1 is 1.61 bits per heavy atom. The van der Waals surface area contributed by atoms with Crippen LogP contribution in [-0.4, -0.2) is 18.0 Å². The standard InChI is InChI=1S/C11H13FN2O4/c1-11(13,6-10(15)18-2)8-5-7(14(16)17)3-4-9(8)12/h3-5H,6,13H2,1-2H3/t11-/m0/s1. The average molecular weight is 256 g/mol. The number of carbonyl (C=O) groups is 1. The summed E-state index contributed by atoms with van der Waals surface area (Å²) in [5.74, 6) is -1.32. The number of nitro benzene ring substituents is 1. The molecule has 18 heavy (non-hydrogen) atoms. The zero-order chi connectivity index (χ0) is 13.9. The third kappa shape index (κ3) is 3.01.